The van der Waals surface area contributed by atoms with E-state index in [-0.39, 0.29) is 12.3 Å². The molecule has 20 heavy (non-hydrogen) atoms. The molecule has 1 N–H and O–H groups in total. The Balaban J connectivity index is 2.00. The fourth-order valence-electron chi connectivity index (χ4n) is 3.54. The summed E-state index contributed by atoms with van der Waals surface area (Å²) in [5.74, 6) is -2.19. The molecule has 0 aromatic carbocycles. The van der Waals surface area contributed by atoms with Crippen molar-refractivity contribution in [1.29, 1.82) is 0 Å². The third-order valence-electron chi connectivity index (χ3n) is 4.59. The Hall–Kier alpha value is -0.780. The van der Waals surface area contributed by atoms with Crippen LogP contribution in [-0.4, -0.2) is 43.7 Å². The fraction of sp³-hybridized carbons (Fsp3) is 0.929. The first-order valence-corrected chi connectivity index (χ1v) is 7.43. The average Bonchev–Trinajstić information content (AvgIpc) is 2.86. The van der Waals surface area contributed by atoms with Gasteiger partial charge in [-0.1, -0.05) is 12.8 Å². The number of amides is 1. The summed E-state index contributed by atoms with van der Waals surface area (Å²) in [5.41, 5.74) is 0. The SMILES string of the molecule is CNCC1CCN(C(=O)C2CCCCC2C(F)(F)F)C1. The molecule has 0 aromatic heterocycles. The topological polar surface area (TPSA) is 32.3 Å². The quantitative estimate of drug-likeness (QED) is 0.866. The maximum atomic E-state index is 13.1. The third-order valence-corrected chi connectivity index (χ3v) is 4.59. The van der Waals surface area contributed by atoms with E-state index < -0.39 is 18.0 Å². The maximum Gasteiger partial charge on any atom is 0.392 e. The van der Waals surface area contributed by atoms with Crippen LogP contribution >= 0.6 is 0 Å². The lowest BCUT2D eigenvalue weighted by atomic mass is 9.78. The van der Waals surface area contributed by atoms with Gasteiger partial charge in [-0.3, -0.25) is 4.79 Å². The monoisotopic (exact) mass is 292 g/mol. The van der Waals surface area contributed by atoms with Crippen LogP contribution in [0.2, 0.25) is 0 Å². The Kier molecular flexibility index (Phi) is 4.94. The van der Waals surface area contributed by atoms with E-state index in [0.29, 0.717) is 31.8 Å². The van der Waals surface area contributed by atoms with Crippen LogP contribution in [0.3, 0.4) is 0 Å². The molecule has 1 saturated heterocycles. The highest BCUT2D eigenvalue weighted by atomic mass is 19.4. The molecule has 1 aliphatic heterocycles. The Morgan fingerprint density at radius 2 is 1.95 bits per heavy atom. The smallest absolute Gasteiger partial charge is 0.342 e. The summed E-state index contributed by atoms with van der Waals surface area (Å²) in [6.07, 6.45) is -1.56. The number of likely N-dealkylation sites (tertiary alicyclic amines) is 1. The molecule has 1 heterocycles. The van der Waals surface area contributed by atoms with Gasteiger partial charge in [-0.25, -0.2) is 0 Å². The largest absolute Gasteiger partial charge is 0.392 e. The Morgan fingerprint density at radius 3 is 2.60 bits per heavy atom. The molecule has 2 aliphatic rings. The van der Waals surface area contributed by atoms with E-state index in [2.05, 4.69) is 5.32 Å². The van der Waals surface area contributed by atoms with Gasteiger partial charge in [-0.05, 0) is 38.8 Å². The van der Waals surface area contributed by atoms with Crippen LogP contribution in [0.25, 0.3) is 0 Å². The summed E-state index contributed by atoms with van der Waals surface area (Å²) in [6, 6.07) is 0. The van der Waals surface area contributed by atoms with Crippen LogP contribution in [0.5, 0.6) is 0 Å². The highest BCUT2D eigenvalue weighted by molar-refractivity contribution is 5.79. The van der Waals surface area contributed by atoms with Crippen molar-refractivity contribution in [2.45, 2.75) is 38.3 Å². The van der Waals surface area contributed by atoms with Gasteiger partial charge in [-0.15, -0.1) is 0 Å². The van der Waals surface area contributed by atoms with Gasteiger partial charge in [0, 0.05) is 19.0 Å². The first-order chi connectivity index (χ1) is 9.43. The van der Waals surface area contributed by atoms with Crippen molar-refractivity contribution in [3.63, 3.8) is 0 Å². The summed E-state index contributed by atoms with van der Waals surface area (Å²) >= 11 is 0. The lowest BCUT2D eigenvalue weighted by Gasteiger charge is -2.34. The molecule has 2 fully saturated rings. The highest BCUT2D eigenvalue weighted by Gasteiger charge is 2.49. The Labute approximate surface area is 117 Å². The summed E-state index contributed by atoms with van der Waals surface area (Å²) in [4.78, 5) is 14.1. The molecule has 3 atom stereocenters. The van der Waals surface area contributed by atoms with Crippen molar-refractivity contribution in [3.05, 3.63) is 0 Å². The second-order valence-electron chi connectivity index (χ2n) is 6.04. The molecule has 1 saturated carbocycles. The van der Waals surface area contributed by atoms with Gasteiger partial charge in [0.2, 0.25) is 5.91 Å². The summed E-state index contributed by atoms with van der Waals surface area (Å²) in [7, 11) is 1.85. The van der Waals surface area contributed by atoms with Crippen LogP contribution in [-0.2, 0) is 4.79 Å². The lowest BCUT2D eigenvalue weighted by molar-refractivity contribution is -0.200. The van der Waals surface area contributed by atoms with Crippen molar-refractivity contribution in [2.24, 2.45) is 17.8 Å². The molecular weight excluding hydrogens is 269 g/mol. The molecule has 0 bridgehead atoms. The molecule has 0 spiro atoms. The molecular formula is C14H23F3N2O. The molecule has 3 nitrogen and oxygen atoms in total. The van der Waals surface area contributed by atoms with Crippen LogP contribution in [0.1, 0.15) is 32.1 Å². The number of carbonyl (C=O) groups excluding carboxylic acids is 1. The standard InChI is InChI=1S/C14H23F3N2O/c1-18-8-10-6-7-19(9-10)13(20)11-4-2-3-5-12(11)14(15,16)17/h10-12,18H,2-9H2,1H3. The number of hydrogen-bond donors (Lipinski definition) is 1. The summed E-state index contributed by atoms with van der Waals surface area (Å²) in [6.45, 7) is 2.02. The zero-order chi connectivity index (χ0) is 14.8. The normalized spacial score (nSPS) is 31.6. The number of nitrogens with one attached hydrogen (secondary N) is 1. The maximum absolute atomic E-state index is 13.1. The van der Waals surface area contributed by atoms with Gasteiger partial charge in [-0.2, -0.15) is 13.2 Å². The van der Waals surface area contributed by atoms with Crippen molar-refractivity contribution in [1.82, 2.24) is 10.2 Å². The molecule has 2 rings (SSSR count). The van der Waals surface area contributed by atoms with E-state index in [1.807, 2.05) is 7.05 Å². The fourth-order valence-corrected chi connectivity index (χ4v) is 3.54. The van der Waals surface area contributed by atoms with E-state index >= 15 is 0 Å². The van der Waals surface area contributed by atoms with Gasteiger partial charge >= 0.3 is 6.18 Å². The minimum atomic E-state index is -4.25. The molecule has 0 aromatic rings. The Bertz CT molecular complexity index is 346. The average molecular weight is 292 g/mol. The van der Waals surface area contributed by atoms with Crippen molar-refractivity contribution in [2.75, 3.05) is 26.7 Å². The van der Waals surface area contributed by atoms with Crippen molar-refractivity contribution >= 4 is 5.91 Å². The predicted octanol–water partition coefficient (Wildman–Crippen LogP) is 2.42. The van der Waals surface area contributed by atoms with Gasteiger partial charge in [0.1, 0.15) is 0 Å². The zero-order valence-electron chi connectivity index (χ0n) is 11.9. The van der Waals surface area contributed by atoms with Gasteiger partial charge in [0.05, 0.1) is 5.92 Å². The van der Waals surface area contributed by atoms with E-state index in [4.69, 9.17) is 0 Å². The lowest BCUT2D eigenvalue weighted by Crippen LogP contribution is -2.44. The van der Waals surface area contributed by atoms with E-state index in [1.165, 1.54) is 0 Å². The second-order valence-corrected chi connectivity index (χ2v) is 6.04. The number of carbonyl (C=O) groups is 1. The van der Waals surface area contributed by atoms with Crippen LogP contribution in [0.4, 0.5) is 13.2 Å². The summed E-state index contributed by atoms with van der Waals surface area (Å²) < 4.78 is 39.2. The Morgan fingerprint density at radius 1 is 1.25 bits per heavy atom. The molecule has 1 amide bonds. The first kappa shape index (κ1) is 15.6. The van der Waals surface area contributed by atoms with Crippen molar-refractivity contribution in [3.8, 4) is 0 Å². The number of nitrogens with zero attached hydrogens (tertiary/aromatic N) is 1. The predicted molar refractivity (Wildman–Crippen MR) is 70.1 cm³/mol. The van der Waals surface area contributed by atoms with Crippen LogP contribution in [0, 0.1) is 17.8 Å². The zero-order valence-corrected chi connectivity index (χ0v) is 11.9. The molecule has 116 valence electrons. The number of rotatable bonds is 3. The third kappa shape index (κ3) is 3.45. The van der Waals surface area contributed by atoms with Crippen LogP contribution < -0.4 is 5.32 Å². The molecule has 1 aliphatic carbocycles. The number of alkyl halides is 3. The van der Waals surface area contributed by atoms with E-state index in [0.717, 1.165) is 19.4 Å². The van der Waals surface area contributed by atoms with Gasteiger partial charge in [0.25, 0.3) is 0 Å². The summed E-state index contributed by atoms with van der Waals surface area (Å²) in [5, 5.41) is 3.06. The molecule has 3 unspecified atom stereocenters. The minimum absolute atomic E-state index is 0.105. The van der Waals surface area contributed by atoms with E-state index in [1.54, 1.807) is 4.90 Å². The number of halogens is 3. The van der Waals surface area contributed by atoms with E-state index in [9.17, 15) is 18.0 Å². The minimum Gasteiger partial charge on any atom is -0.342 e. The second kappa shape index (κ2) is 6.33. The van der Waals surface area contributed by atoms with Gasteiger partial charge in [0.15, 0.2) is 0 Å². The van der Waals surface area contributed by atoms with Crippen molar-refractivity contribution < 1.29 is 18.0 Å². The molecule has 6 heteroatoms. The first-order valence-electron chi connectivity index (χ1n) is 7.43. The number of hydrogen-bond acceptors (Lipinski definition) is 2. The highest BCUT2D eigenvalue weighted by Crippen LogP contribution is 2.42. The van der Waals surface area contributed by atoms with Crippen LogP contribution in [0.15, 0.2) is 0 Å². The molecule has 0 radical (unpaired) electrons. The van der Waals surface area contributed by atoms with Gasteiger partial charge < -0.3 is 10.2 Å².